The van der Waals surface area contributed by atoms with E-state index >= 15 is 0 Å². The molecule has 28 heavy (non-hydrogen) atoms. The fourth-order valence-electron chi connectivity index (χ4n) is 2.65. The molecule has 0 aliphatic rings. The molecule has 0 saturated carbocycles. The zero-order valence-electron chi connectivity index (χ0n) is 15.4. The zero-order chi connectivity index (χ0) is 19.9. The van der Waals surface area contributed by atoms with Gasteiger partial charge in [-0.3, -0.25) is 9.59 Å². The third kappa shape index (κ3) is 5.41. The number of carbonyl (C=O) groups excluding carboxylic acids is 2. The molecule has 0 unspecified atom stereocenters. The molecule has 0 fully saturated rings. The summed E-state index contributed by atoms with van der Waals surface area (Å²) in [5.74, 6) is -0.300. The Bertz CT molecular complexity index is 970. The minimum atomic E-state index is -0.181. The van der Waals surface area contributed by atoms with Crippen molar-refractivity contribution >= 4 is 39.9 Å². The van der Waals surface area contributed by atoms with E-state index in [0.717, 1.165) is 16.8 Å². The summed E-state index contributed by atoms with van der Waals surface area (Å²) in [5.41, 5.74) is 3.60. The van der Waals surface area contributed by atoms with Gasteiger partial charge in [-0.15, -0.1) is 11.3 Å². The number of aromatic nitrogens is 1. The van der Waals surface area contributed by atoms with Gasteiger partial charge < -0.3 is 10.6 Å². The van der Waals surface area contributed by atoms with Gasteiger partial charge in [0.15, 0.2) is 5.13 Å². The van der Waals surface area contributed by atoms with Gasteiger partial charge in [0.1, 0.15) is 0 Å². The lowest BCUT2D eigenvalue weighted by Crippen LogP contribution is -2.25. The van der Waals surface area contributed by atoms with E-state index in [1.165, 1.54) is 11.3 Å². The van der Waals surface area contributed by atoms with Crippen molar-refractivity contribution in [3.05, 3.63) is 70.1 Å². The van der Waals surface area contributed by atoms with Gasteiger partial charge in [-0.25, -0.2) is 4.98 Å². The van der Waals surface area contributed by atoms with Crippen LogP contribution >= 0.6 is 22.9 Å². The molecule has 5 nitrogen and oxygen atoms in total. The summed E-state index contributed by atoms with van der Waals surface area (Å²) in [6, 6.07) is 14.7. The second-order valence-corrected chi connectivity index (χ2v) is 7.56. The van der Waals surface area contributed by atoms with Gasteiger partial charge in [0.05, 0.1) is 5.69 Å². The SMILES string of the molecule is Cc1ccccc1-c1csc(NC(=O)CCCNC(=O)c2ccc(Cl)cc2)n1. The maximum atomic E-state index is 12.1. The average Bonchev–Trinajstić information content (AvgIpc) is 3.14. The van der Waals surface area contributed by atoms with Crippen LogP contribution in [0.3, 0.4) is 0 Å². The van der Waals surface area contributed by atoms with Crippen molar-refractivity contribution < 1.29 is 9.59 Å². The van der Waals surface area contributed by atoms with Gasteiger partial charge in [-0.2, -0.15) is 0 Å². The predicted octanol–water partition coefficient (Wildman–Crippen LogP) is 4.92. The summed E-state index contributed by atoms with van der Waals surface area (Å²) in [7, 11) is 0. The smallest absolute Gasteiger partial charge is 0.251 e. The molecule has 0 saturated heterocycles. The van der Waals surface area contributed by atoms with E-state index in [1.54, 1.807) is 24.3 Å². The molecule has 0 bridgehead atoms. The first-order chi connectivity index (χ1) is 13.5. The van der Waals surface area contributed by atoms with E-state index in [0.29, 0.717) is 35.1 Å². The minimum absolute atomic E-state index is 0.119. The molecule has 144 valence electrons. The summed E-state index contributed by atoms with van der Waals surface area (Å²) < 4.78 is 0. The molecule has 3 rings (SSSR count). The monoisotopic (exact) mass is 413 g/mol. The predicted molar refractivity (Wildman–Crippen MR) is 114 cm³/mol. The zero-order valence-corrected chi connectivity index (χ0v) is 16.9. The number of carbonyl (C=O) groups is 2. The van der Waals surface area contributed by atoms with Crippen molar-refractivity contribution in [3.63, 3.8) is 0 Å². The number of hydrogen-bond donors (Lipinski definition) is 2. The van der Waals surface area contributed by atoms with Crippen LogP contribution in [0.15, 0.2) is 53.9 Å². The Hall–Kier alpha value is -2.70. The first kappa shape index (κ1) is 20.0. The number of thiazole rings is 1. The first-order valence-electron chi connectivity index (χ1n) is 8.88. The van der Waals surface area contributed by atoms with Gasteiger partial charge in [-0.05, 0) is 43.2 Å². The molecular weight excluding hydrogens is 394 g/mol. The van der Waals surface area contributed by atoms with Gasteiger partial charge in [-0.1, -0.05) is 35.9 Å². The Balaban J connectivity index is 1.43. The molecule has 0 aliphatic carbocycles. The van der Waals surface area contributed by atoms with Crippen LogP contribution in [0.25, 0.3) is 11.3 Å². The van der Waals surface area contributed by atoms with E-state index in [1.807, 2.05) is 36.6 Å². The van der Waals surface area contributed by atoms with Gasteiger partial charge >= 0.3 is 0 Å². The van der Waals surface area contributed by atoms with Crippen LogP contribution in [-0.4, -0.2) is 23.3 Å². The fourth-order valence-corrected chi connectivity index (χ4v) is 3.50. The second kappa shape index (κ2) is 9.48. The molecule has 1 aromatic heterocycles. The average molecular weight is 414 g/mol. The van der Waals surface area contributed by atoms with E-state index in [2.05, 4.69) is 15.6 Å². The Morgan fingerprint density at radius 2 is 1.86 bits per heavy atom. The summed E-state index contributed by atoms with van der Waals surface area (Å²) in [5, 5.41) is 8.71. The van der Waals surface area contributed by atoms with E-state index in [4.69, 9.17) is 11.6 Å². The van der Waals surface area contributed by atoms with Crippen LogP contribution < -0.4 is 10.6 Å². The van der Waals surface area contributed by atoms with Crippen LogP contribution in [0.1, 0.15) is 28.8 Å². The lowest BCUT2D eigenvalue weighted by molar-refractivity contribution is -0.116. The summed E-state index contributed by atoms with van der Waals surface area (Å²) in [4.78, 5) is 28.6. The Labute approximate surface area is 172 Å². The van der Waals surface area contributed by atoms with Crippen molar-refractivity contribution in [2.45, 2.75) is 19.8 Å². The summed E-state index contributed by atoms with van der Waals surface area (Å²) in [6.45, 7) is 2.45. The highest BCUT2D eigenvalue weighted by atomic mass is 35.5. The Kier molecular flexibility index (Phi) is 6.79. The van der Waals surface area contributed by atoms with Crippen molar-refractivity contribution in [2.75, 3.05) is 11.9 Å². The van der Waals surface area contributed by atoms with Crippen molar-refractivity contribution in [2.24, 2.45) is 0 Å². The molecule has 0 radical (unpaired) electrons. The maximum Gasteiger partial charge on any atom is 0.251 e. The van der Waals surface area contributed by atoms with Crippen molar-refractivity contribution in [3.8, 4) is 11.3 Å². The lowest BCUT2D eigenvalue weighted by atomic mass is 10.1. The standard InChI is InChI=1S/C21H20ClN3O2S/c1-14-5-2-3-6-17(14)18-13-28-21(24-18)25-19(26)7-4-12-23-20(27)15-8-10-16(22)11-9-15/h2-3,5-6,8-11,13H,4,7,12H2,1H3,(H,23,27)(H,24,25,26). The molecule has 0 atom stereocenters. The highest BCUT2D eigenvalue weighted by molar-refractivity contribution is 7.14. The Morgan fingerprint density at radius 3 is 2.61 bits per heavy atom. The van der Waals surface area contributed by atoms with E-state index in [-0.39, 0.29) is 11.8 Å². The molecule has 1 heterocycles. The molecule has 0 spiro atoms. The van der Waals surface area contributed by atoms with E-state index < -0.39 is 0 Å². The van der Waals surface area contributed by atoms with Gasteiger partial charge in [0.25, 0.3) is 5.91 Å². The molecule has 2 N–H and O–H groups in total. The van der Waals surface area contributed by atoms with Gasteiger partial charge in [0, 0.05) is 34.5 Å². The quantitative estimate of drug-likeness (QED) is 0.540. The number of aryl methyl sites for hydroxylation is 1. The number of rotatable bonds is 7. The largest absolute Gasteiger partial charge is 0.352 e. The van der Waals surface area contributed by atoms with Crippen molar-refractivity contribution in [1.82, 2.24) is 10.3 Å². The number of nitrogens with one attached hydrogen (secondary N) is 2. The minimum Gasteiger partial charge on any atom is -0.352 e. The van der Waals surface area contributed by atoms with Crippen LogP contribution in [0, 0.1) is 6.92 Å². The molecule has 0 aliphatic heterocycles. The van der Waals surface area contributed by atoms with Crippen molar-refractivity contribution in [1.29, 1.82) is 0 Å². The molecule has 3 aromatic rings. The fraction of sp³-hybridized carbons (Fsp3) is 0.190. The maximum absolute atomic E-state index is 12.1. The van der Waals surface area contributed by atoms with Crippen LogP contribution in [0.2, 0.25) is 5.02 Å². The second-order valence-electron chi connectivity index (χ2n) is 6.27. The van der Waals surface area contributed by atoms with E-state index in [9.17, 15) is 9.59 Å². The number of amides is 2. The topological polar surface area (TPSA) is 71.1 Å². The van der Waals surface area contributed by atoms with Gasteiger partial charge in [0.2, 0.25) is 5.91 Å². The molecular formula is C21H20ClN3O2S. The highest BCUT2D eigenvalue weighted by Gasteiger charge is 2.10. The molecule has 2 amide bonds. The molecule has 7 heteroatoms. The van der Waals surface area contributed by atoms with Crippen LogP contribution in [0.4, 0.5) is 5.13 Å². The summed E-state index contributed by atoms with van der Waals surface area (Å²) >= 11 is 7.21. The first-order valence-corrected chi connectivity index (χ1v) is 10.1. The van der Waals surface area contributed by atoms with Crippen LogP contribution in [-0.2, 0) is 4.79 Å². The lowest BCUT2D eigenvalue weighted by Gasteiger charge is -2.05. The number of anilines is 1. The number of hydrogen-bond acceptors (Lipinski definition) is 4. The normalized spacial score (nSPS) is 10.5. The highest BCUT2D eigenvalue weighted by Crippen LogP contribution is 2.27. The third-order valence-corrected chi connectivity index (χ3v) is 5.15. The third-order valence-electron chi connectivity index (χ3n) is 4.14. The number of halogens is 1. The Morgan fingerprint density at radius 1 is 1.11 bits per heavy atom. The summed E-state index contributed by atoms with van der Waals surface area (Å²) in [6.07, 6.45) is 0.849. The number of nitrogens with zero attached hydrogens (tertiary/aromatic N) is 1. The van der Waals surface area contributed by atoms with Crippen LogP contribution in [0.5, 0.6) is 0 Å². The molecule has 2 aromatic carbocycles. The number of benzene rings is 2.